The van der Waals surface area contributed by atoms with Crippen LogP contribution in [-0.4, -0.2) is 31.1 Å². The third-order valence-electron chi connectivity index (χ3n) is 3.02. The summed E-state index contributed by atoms with van der Waals surface area (Å²) in [5, 5.41) is 2.87. The van der Waals surface area contributed by atoms with E-state index in [9.17, 15) is 9.59 Å². The van der Waals surface area contributed by atoms with Gasteiger partial charge in [-0.1, -0.05) is 37.3 Å². The van der Waals surface area contributed by atoms with Crippen LogP contribution in [0.25, 0.3) is 0 Å². The van der Waals surface area contributed by atoms with E-state index in [-0.39, 0.29) is 31.0 Å². The lowest BCUT2D eigenvalue weighted by Gasteiger charge is -2.12. The minimum absolute atomic E-state index is 0.0109. The lowest BCUT2D eigenvalue weighted by atomic mass is 10.1. The summed E-state index contributed by atoms with van der Waals surface area (Å²) in [6.45, 7) is 2.55. The van der Waals surface area contributed by atoms with Crippen LogP contribution in [0.2, 0.25) is 0 Å². The van der Waals surface area contributed by atoms with Crippen molar-refractivity contribution in [2.45, 2.75) is 19.6 Å². The molecule has 1 aromatic rings. The summed E-state index contributed by atoms with van der Waals surface area (Å²) in [6, 6.07) is 9.04. The Balaban J connectivity index is 1.72. The molecule has 0 aliphatic carbocycles. The minimum Gasteiger partial charge on any atom is -0.464 e. The van der Waals surface area contributed by atoms with Crippen molar-refractivity contribution >= 4 is 11.9 Å². The highest BCUT2D eigenvalue weighted by molar-refractivity contribution is 5.79. The maximum absolute atomic E-state index is 11.5. The second kappa shape index (κ2) is 6.33. The fourth-order valence-electron chi connectivity index (χ4n) is 1.90. The second-order valence-electron chi connectivity index (χ2n) is 4.61. The van der Waals surface area contributed by atoms with E-state index in [1.165, 1.54) is 0 Å². The van der Waals surface area contributed by atoms with E-state index in [1.807, 2.05) is 37.3 Å². The van der Waals surface area contributed by atoms with Crippen molar-refractivity contribution in [1.82, 2.24) is 5.32 Å². The molecule has 0 amide bonds. The molecule has 2 rings (SSSR count). The highest BCUT2D eigenvalue weighted by Gasteiger charge is 2.33. The first-order valence-corrected chi connectivity index (χ1v) is 6.26. The summed E-state index contributed by atoms with van der Waals surface area (Å²) in [6.07, 6.45) is 0. The average molecular weight is 263 g/mol. The zero-order chi connectivity index (χ0) is 13.7. The maximum Gasteiger partial charge on any atom is 0.323 e. The normalized spacial score (nSPS) is 22.1. The number of esters is 2. The van der Waals surface area contributed by atoms with Crippen molar-refractivity contribution in [1.29, 1.82) is 0 Å². The van der Waals surface area contributed by atoms with Crippen LogP contribution in [0, 0.1) is 5.92 Å². The molecule has 1 heterocycles. The first-order valence-electron chi connectivity index (χ1n) is 6.26. The molecule has 2 atom stereocenters. The lowest BCUT2D eigenvalue weighted by molar-refractivity contribution is -0.144. The molecule has 19 heavy (non-hydrogen) atoms. The van der Waals surface area contributed by atoms with Crippen LogP contribution in [0.4, 0.5) is 0 Å². The first-order chi connectivity index (χ1) is 9.16. The molecule has 5 heteroatoms. The molecule has 0 unspecified atom stereocenters. The van der Waals surface area contributed by atoms with E-state index >= 15 is 0 Å². The summed E-state index contributed by atoms with van der Waals surface area (Å²) < 4.78 is 9.99. The fourth-order valence-corrected chi connectivity index (χ4v) is 1.90. The number of hydrogen-bond acceptors (Lipinski definition) is 5. The minimum atomic E-state index is -0.413. The van der Waals surface area contributed by atoms with Crippen LogP contribution in [0.3, 0.4) is 0 Å². The number of nitrogens with one attached hydrogen (secondary N) is 1. The number of rotatable bonds is 5. The number of ether oxygens (including phenoxy) is 2. The van der Waals surface area contributed by atoms with E-state index in [4.69, 9.17) is 9.47 Å². The predicted molar refractivity (Wildman–Crippen MR) is 68.2 cm³/mol. The van der Waals surface area contributed by atoms with Crippen molar-refractivity contribution in [2.75, 3.05) is 13.2 Å². The van der Waals surface area contributed by atoms with Gasteiger partial charge in [0.2, 0.25) is 0 Å². The second-order valence-corrected chi connectivity index (χ2v) is 4.61. The highest BCUT2D eigenvalue weighted by atomic mass is 16.5. The van der Waals surface area contributed by atoms with E-state index in [1.54, 1.807) is 0 Å². The molecule has 0 aromatic heterocycles. The van der Waals surface area contributed by atoms with Crippen LogP contribution in [0.5, 0.6) is 0 Å². The van der Waals surface area contributed by atoms with E-state index in [0.717, 1.165) is 5.56 Å². The Bertz CT molecular complexity index is 446. The van der Waals surface area contributed by atoms with Gasteiger partial charge in [0.15, 0.2) is 0 Å². The van der Waals surface area contributed by atoms with Gasteiger partial charge in [-0.15, -0.1) is 0 Å². The standard InChI is InChI=1S/C14H17NO4/c1-10-8-19-14(17)13(10)15-7-12(16)18-9-11-5-3-2-4-6-11/h2-6,10,13,15H,7-9H2,1H3/t10-,13-/m0/s1. The van der Waals surface area contributed by atoms with Crippen LogP contribution >= 0.6 is 0 Å². The number of hydrogen-bond donors (Lipinski definition) is 1. The van der Waals surface area contributed by atoms with Gasteiger partial charge >= 0.3 is 11.9 Å². The fraction of sp³-hybridized carbons (Fsp3) is 0.429. The van der Waals surface area contributed by atoms with Gasteiger partial charge in [-0.2, -0.15) is 0 Å². The summed E-state index contributed by atoms with van der Waals surface area (Å²) in [7, 11) is 0. The third kappa shape index (κ3) is 3.79. The monoisotopic (exact) mass is 263 g/mol. The molecule has 0 radical (unpaired) electrons. The van der Waals surface area contributed by atoms with Crippen molar-refractivity contribution in [3.05, 3.63) is 35.9 Å². The van der Waals surface area contributed by atoms with Gasteiger partial charge in [-0.05, 0) is 5.56 Å². The Hall–Kier alpha value is -1.88. The summed E-state index contributed by atoms with van der Waals surface area (Å²) in [5.74, 6) is -0.603. The molecule has 1 aliphatic rings. The number of benzene rings is 1. The molecule has 0 spiro atoms. The Morgan fingerprint density at radius 2 is 2.16 bits per heavy atom. The van der Waals surface area contributed by atoms with E-state index in [2.05, 4.69) is 5.32 Å². The van der Waals surface area contributed by atoms with E-state index in [0.29, 0.717) is 6.61 Å². The van der Waals surface area contributed by atoms with Gasteiger partial charge in [-0.25, -0.2) is 0 Å². The SMILES string of the molecule is C[C@H]1COC(=O)[C@H]1NCC(=O)OCc1ccccc1. The smallest absolute Gasteiger partial charge is 0.323 e. The molecule has 0 saturated carbocycles. The number of cyclic esters (lactones) is 1. The van der Waals surface area contributed by atoms with Gasteiger partial charge in [0.1, 0.15) is 12.6 Å². The molecule has 5 nitrogen and oxygen atoms in total. The molecule has 1 aromatic carbocycles. The van der Waals surface area contributed by atoms with Crippen molar-refractivity contribution in [2.24, 2.45) is 5.92 Å². The Morgan fingerprint density at radius 3 is 2.79 bits per heavy atom. The highest BCUT2D eigenvalue weighted by Crippen LogP contribution is 2.13. The largest absolute Gasteiger partial charge is 0.464 e. The van der Waals surface area contributed by atoms with Crippen molar-refractivity contribution in [3.8, 4) is 0 Å². The molecule has 1 saturated heterocycles. The topological polar surface area (TPSA) is 64.6 Å². The maximum atomic E-state index is 11.5. The zero-order valence-corrected chi connectivity index (χ0v) is 10.8. The Labute approximate surface area is 111 Å². The van der Waals surface area contributed by atoms with Crippen LogP contribution in [0.15, 0.2) is 30.3 Å². The first kappa shape index (κ1) is 13.5. The van der Waals surface area contributed by atoms with E-state index < -0.39 is 6.04 Å². The third-order valence-corrected chi connectivity index (χ3v) is 3.02. The van der Waals surface area contributed by atoms with Gasteiger partial charge in [0, 0.05) is 5.92 Å². The summed E-state index contributed by atoms with van der Waals surface area (Å²) in [4.78, 5) is 22.9. The molecular weight excluding hydrogens is 246 g/mol. The molecule has 0 bridgehead atoms. The summed E-state index contributed by atoms with van der Waals surface area (Å²) >= 11 is 0. The Kier molecular flexibility index (Phi) is 4.52. The molecule has 1 fully saturated rings. The molecule has 1 aliphatic heterocycles. The predicted octanol–water partition coefficient (Wildman–Crippen LogP) is 0.881. The number of carbonyl (C=O) groups excluding carboxylic acids is 2. The Morgan fingerprint density at radius 1 is 1.42 bits per heavy atom. The molecule has 1 N–H and O–H groups in total. The van der Waals surface area contributed by atoms with Gasteiger partial charge < -0.3 is 9.47 Å². The quantitative estimate of drug-likeness (QED) is 0.799. The van der Waals surface area contributed by atoms with Gasteiger partial charge in [-0.3, -0.25) is 14.9 Å². The van der Waals surface area contributed by atoms with Gasteiger partial charge in [0.25, 0.3) is 0 Å². The van der Waals surface area contributed by atoms with Crippen molar-refractivity contribution < 1.29 is 19.1 Å². The average Bonchev–Trinajstić information content (AvgIpc) is 2.75. The van der Waals surface area contributed by atoms with Crippen LogP contribution < -0.4 is 5.32 Å². The summed E-state index contributed by atoms with van der Waals surface area (Å²) in [5.41, 5.74) is 0.935. The lowest BCUT2D eigenvalue weighted by Crippen LogP contribution is -2.40. The molecular formula is C14H17NO4. The van der Waals surface area contributed by atoms with Crippen molar-refractivity contribution in [3.63, 3.8) is 0 Å². The van der Waals surface area contributed by atoms with Crippen LogP contribution in [-0.2, 0) is 25.7 Å². The zero-order valence-electron chi connectivity index (χ0n) is 10.8. The van der Waals surface area contributed by atoms with Gasteiger partial charge in [0.05, 0.1) is 13.2 Å². The number of carbonyl (C=O) groups is 2. The molecule has 102 valence electrons. The van der Waals surface area contributed by atoms with Crippen LogP contribution in [0.1, 0.15) is 12.5 Å².